The molecule has 0 aliphatic heterocycles. The zero-order valence-electron chi connectivity index (χ0n) is 18.4. The molecule has 6 nitrogen and oxygen atoms in total. The number of aryl methyl sites for hydroxylation is 1. The fourth-order valence-electron chi connectivity index (χ4n) is 3.94. The molecule has 0 unspecified atom stereocenters. The minimum Gasteiger partial charge on any atom is -0.491 e. The van der Waals surface area contributed by atoms with E-state index in [0.717, 1.165) is 12.1 Å². The molecule has 4 N–H and O–H groups in total. The van der Waals surface area contributed by atoms with Crippen LogP contribution in [0.1, 0.15) is 43.2 Å². The number of hydrogen-bond donors (Lipinski definition) is 4. The second kappa shape index (κ2) is 12.2. The number of halogens is 3. The molecule has 0 aromatic heterocycles. The highest BCUT2D eigenvalue weighted by Gasteiger charge is 2.39. The Labute approximate surface area is 191 Å². The van der Waals surface area contributed by atoms with E-state index in [-0.39, 0.29) is 31.1 Å². The van der Waals surface area contributed by atoms with E-state index < -0.39 is 41.9 Å². The van der Waals surface area contributed by atoms with Crippen LogP contribution in [-0.2, 0) is 11.0 Å². The number of unbranched alkanes of at least 4 members (excludes halogenated alkanes) is 1. The minimum atomic E-state index is -4.50. The van der Waals surface area contributed by atoms with Gasteiger partial charge in [-0.05, 0) is 55.9 Å². The standard InChI is InChI=1S/C24H31F3O6/c1-15-10-16(24(25,26)27)12-18(11-15)33-14-17(28)8-9-20-19(21(29)13-22(20)30)6-4-2-3-5-7-23(31)32/h2,4,8-12,17,19-22,28-30H,3,5-7,13-14H2,1H3,(H,31,32)/b4-2-,9-8+/t17-,19-,20-,21+,22-/m1/s1. The van der Waals surface area contributed by atoms with Gasteiger partial charge in [0.15, 0.2) is 0 Å². The van der Waals surface area contributed by atoms with Crippen molar-refractivity contribution in [3.63, 3.8) is 0 Å². The van der Waals surface area contributed by atoms with Crippen molar-refractivity contribution in [2.45, 2.75) is 63.5 Å². The monoisotopic (exact) mass is 472 g/mol. The lowest BCUT2D eigenvalue weighted by Gasteiger charge is -2.20. The molecular weight excluding hydrogens is 441 g/mol. The summed E-state index contributed by atoms with van der Waals surface area (Å²) < 4.78 is 44.1. The molecule has 33 heavy (non-hydrogen) atoms. The zero-order chi connectivity index (χ0) is 24.6. The highest BCUT2D eigenvalue weighted by Crippen LogP contribution is 2.36. The van der Waals surface area contributed by atoms with Crippen molar-refractivity contribution in [2.24, 2.45) is 11.8 Å². The van der Waals surface area contributed by atoms with Crippen LogP contribution in [0.4, 0.5) is 13.2 Å². The number of allylic oxidation sites excluding steroid dienone is 2. The summed E-state index contributed by atoms with van der Waals surface area (Å²) in [7, 11) is 0. The first-order valence-corrected chi connectivity index (χ1v) is 10.9. The molecule has 5 atom stereocenters. The summed E-state index contributed by atoms with van der Waals surface area (Å²) in [4.78, 5) is 10.5. The number of aliphatic carboxylic acids is 1. The average Bonchev–Trinajstić information content (AvgIpc) is 2.98. The molecule has 0 bridgehead atoms. The van der Waals surface area contributed by atoms with Crippen LogP contribution in [-0.4, -0.2) is 51.3 Å². The number of carbonyl (C=O) groups is 1. The zero-order valence-corrected chi connectivity index (χ0v) is 18.4. The van der Waals surface area contributed by atoms with Gasteiger partial charge in [-0.25, -0.2) is 0 Å². The predicted octanol–water partition coefficient (Wildman–Crippen LogP) is 3.87. The lowest BCUT2D eigenvalue weighted by atomic mass is 9.89. The SMILES string of the molecule is Cc1cc(OC[C@H](O)/C=C/[C@@H]2[C@@H](C/C=C\CCCC(=O)O)[C@@H](O)C[C@H]2O)cc(C(F)(F)F)c1. The average molecular weight is 473 g/mol. The Hall–Kier alpha value is -2.36. The van der Waals surface area contributed by atoms with Crippen LogP contribution < -0.4 is 4.74 Å². The summed E-state index contributed by atoms with van der Waals surface area (Å²) in [6, 6.07) is 3.33. The van der Waals surface area contributed by atoms with Crippen molar-refractivity contribution in [1.82, 2.24) is 0 Å². The molecule has 1 aromatic rings. The lowest BCUT2D eigenvalue weighted by molar-refractivity contribution is -0.138. The smallest absolute Gasteiger partial charge is 0.416 e. The first kappa shape index (κ1) is 26.9. The molecule has 1 saturated carbocycles. The van der Waals surface area contributed by atoms with E-state index in [9.17, 15) is 33.3 Å². The molecule has 1 aliphatic rings. The molecule has 0 spiro atoms. The predicted molar refractivity (Wildman–Crippen MR) is 116 cm³/mol. The highest BCUT2D eigenvalue weighted by atomic mass is 19.4. The number of hydrogen-bond acceptors (Lipinski definition) is 5. The molecule has 184 valence electrons. The third kappa shape index (κ3) is 8.83. The molecule has 1 aromatic carbocycles. The van der Waals surface area contributed by atoms with E-state index in [4.69, 9.17) is 9.84 Å². The van der Waals surface area contributed by atoms with Crippen molar-refractivity contribution < 1.29 is 43.1 Å². The van der Waals surface area contributed by atoms with Crippen LogP contribution in [0.5, 0.6) is 5.75 Å². The maximum atomic E-state index is 12.9. The maximum Gasteiger partial charge on any atom is 0.416 e. The maximum absolute atomic E-state index is 12.9. The van der Waals surface area contributed by atoms with Crippen molar-refractivity contribution in [3.8, 4) is 5.75 Å². The second-order valence-corrected chi connectivity index (χ2v) is 8.40. The Kier molecular flexibility index (Phi) is 9.94. The molecule has 0 saturated heterocycles. The van der Waals surface area contributed by atoms with Crippen LogP contribution in [0.3, 0.4) is 0 Å². The van der Waals surface area contributed by atoms with Gasteiger partial charge in [-0.1, -0.05) is 24.3 Å². The van der Waals surface area contributed by atoms with Crippen molar-refractivity contribution in [1.29, 1.82) is 0 Å². The third-order valence-electron chi connectivity index (χ3n) is 5.61. The largest absolute Gasteiger partial charge is 0.491 e. The number of benzene rings is 1. The molecule has 0 radical (unpaired) electrons. The summed E-state index contributed by atoms with van der Waals surface area (Å²) in [5, 5.41) is 39.3. The number of carboxylic acid groups (broad SMARTS) is 1. The first-order valence-electron chi connectivity index (χ1n) is 10.9. The van der Waals surface area contributed by atoms with Crippen LogP contribution in [0.2, 0.25) is 0 Å². The number of alkyl halides is 3. The fraction of sp³-hybridized carbons (Fsp3) is 0.542. The summed E-state index contributed by atoms with van der Waals surface area (Å²) in [5.41, 5.74) is -0.448. The summed E-state index contributed by atoms with van der Waals surface area (Å²) in [6.07, 6.45) is 1.47. The first-order chi connectivity index (χ1) is 15.5. The van der Waals surface area contributed by atoms with Crippen molar-refractivity contribution in [3.05, 3.63) is 53.6 Å². The number of aliphatic hydroxyl groups is 3. The van der Waals surface area contributed by atoms with Crippen LogP contribution in [0, 0.1) is 18.8 Å². The van der Waals surface area contributed by atoms with E-state index in [1.165, 1.54) is 19.1 Å². The number of ether oxygens (including phenoxy) is 1. The van der Waals surface area contributed by atoms with Gasteiger partial charge in [-0.2, -0.15) is 13.2 Å². The molecule has 0 amide bonds. The lowest BCUT2D eigenvalue weighted by Crippen LogP contribution is -2.21. The van der Waals surface area contributed by atoms with Gasteiger partial charge in [-0.15, -0.1) is 0 Å². The Morgan fingerprint density at radius 2 is 1.94 bits per heavy atom. The molecule has 1 aliphatic carbocycles. The summed E-state index contributed by atoms with van der Waals surface area (Å²) >= 11 is 0. The van der Waals surface area contributed by atoms with Gasteiger partial charge in [0.1, 0.15) is 18.5 Å². The van der Waals surface area contributed by atoms with Gasteiger partial charge in [0, 0.05) is 18.8 Å². The van der Waals surface area contributed by atoms with Gasteiger partial charge in [0.2, 0.25) is 0 Å². The summed E-state index contributed by atoms with van der Waals surface area (Å²) in [6.45, 7) is 1.25. The Bertz CT molecular complexity index is 836. The Morgan fingerprint density at radius 1 is 1.21 bits per heavy atom. The van der Waals surface area contributed by atoms with Gasteiger partial charge in [0.05, 0.1) is 17.8 Å². The summed E-state index contributed by atoms with van der Waals surface area (Å²) in [5.74, 6) is -1.54. The second-order valence-electron chi connectivity index (χ2n) is 8.40. The number of aliphatic hydroxyl groups excluding tert-OH is 3. The van der Waals surface area contributed by atoms with E-state index in [2.05, 4.69) is 0 Å². The van der Waals surface area contributed by atoms with Gasteiger partial charge >= 0.3 is 12.1 Å². The van der Waals surface area contributed by atoms with Crippen molar-refractivity contribution >= 4 is 5.97 Å². The van der Waals surface area contributed by atoms with E-state index in [1.54, 1.807) is 6.08 Å². The molecule has 1 fully saturated rings. The molecule has 9 heteroatoms. The van der Waals surface area contributed by atoms with E-state index in [0.29, 0.717) is 24.8 Å². The van der Waals surface area contributed by atoms with Gasteiger partial charge in [-0.3, -0.25) is 4.79 Å². The topological polar surface area (TPSA) is 107 Å². The fourth-order valence-corrected chi connectivity index (χ4v) is 3.94. The Balaban J connectivity index is 1.91. The van der Waals surface area contributed by atoms with Gasteiger partial charge in [0.25, 0.3) is 0 Å². The van der Waals surface area contributed by atoms with Crippen LogP contribution in [0.25, 0.3) is 0 Å². The van der Waals surface area contributed by atoms with Crippen molar-refractivity contribution in [2.75, 3.05) is 6.61 Å². The van der Waals surface area contributed by atoms with E-state index >= 15 is 0 Å². The Morgan fingerprint density at radius 3 is 2.61 bits per heavy atom. The quantitative estimate of drug-likeness (QED) is 0.288. The third-order valence-corrected chi connectivity index (χ3v) is 5.61. The normalized spacial score (nSPS) is 24.6. The minimum absolute atomic E-state index is 0.00277. The van der Waals surface area contributed by atoms with Crippen LogP contribution >= 0.6 is 0 Å². The number of carboxylic acids is 1. The number of rotatable bonds is 11. The van der Waals surface area contributed by atoms with Crippen LogP contribution in [0.15, 0.2) is 42.5 Å². The van der Waals surface area contributed by atoms with E-state index in [1.807, 2.05) is 12.2 Å². The van der Waals surface area contributed by atoms with Gasteiger partial charge < -0.3 is 25.2 Å². The molecule has 2 rings (SSSR count). The molecule has 0 heterocycles. The highest BCUT2D eigenvalue weighted by molar-refractivity contribution is 5.66. The molecular formula is C24H31F3O6.